The Morgan fingerprint density at radius 3 is 2.39 bits per heavy atom. The zero-order valence-electron chi connectivity index (χ0n) is 16.1. The summed E-state index contributed by atoms with van der Waals surface area (Å²) in [7, 11) is 3.30. The minimum Gasteiger partial charge on any atom is -0.494 e. The Morgan fingerprint density at radius 2 is 1.82 bits per heavy atom. The van der Waals surface area contributed by atoms with E-state index in [9.17, 15) is 18.0 Å². The third-order valence-corrected chi connectivity index (χ3v) is 4.09. The van der Waals surface area contributed by atoms with Gasteiger partial charge in [-0.2, -0.15) is 0 Å². The van der Waals surface area contributed by atoms with Crippen molar-refractivity contribution < 1.29 is 27.4 Å². The molecule has 0 saturated heterocycles. The molecule has 28 heavy (non-hydrogen) atoms. The van der Waals surface area contributed by atoms with Gasteiger partial charge in [0.2, 0.25) is 0 Å². The van der Waals surface area contributed by atoms with Gasteiger partial charge in [-0.1, -0.05) is 0 Å². The van der Waals surface area contributed by atoms with Gasteiger partial charge in [-0.05, 0) is 31.5 Å². The molecule has 0 saturated carbocycles. The van der Waals surface area contributed by atoms with Crippen molar-refractivity contribution in [3.05, 3.63) is 58.4 Å². The van der Waals surface area contributed by atoms with Gasteiger partial charge in [-0.25, -0.2) is 23.0 Å². The SMILES string of the molecule is CCN(C)/C=N/c1cc(C)c(C(=O)OCc2c(F)cc(F)cc2F)cc1OC. The number of benzene rings is 2. The molecule has 8 heteroatoms. The number of halogens is 3. The van der Waals surface area contributed by atoms with Crippen LogP contribution in [-0.2, 0) is 11.3 Å². The van der Waals surface area contributed by atoms with E-state index in [0.29, 0.717) is 29.1 Å². The number of aryl methyl sites for hydroxylation is 1. The minimum absolute atomic E-state index is 0.169. The number of hydrogen-bond acceptors (Lipinski definition) is 4. The smallest absolute Gasteiger partial charge is 0.338 e. The molecule has 0 atom stereocenters. The second-order valence-electron chi connectivity index (χ2n) is 6.08. The molecule has 0 fully saturated rings. The van der Waals surface area contributed by atoms with Crippen LogP contribution in [0.4, 0.5) is 18.9 Å². The summed E-state index contributed by atoms with van der Waals surface area (Å²) < 4.78 is 50.6. The van der Waals surface area contributed by atoms with Gasteiger partial charge in [0.15, 0.2) is 0 Å². The Labute approximate surface area is 161 Å². The predicted octanol–water partition coefficient (Wildman–Crippen LogP) is 4.39. The first kappa shape index (κ1) is 21.3. The van der Waals surface area contributed by atoms with Gasteiger partial charge in [0, 0.05) is 25.7 Å². The predicted molar refractivity (Wildman–Crippen MR) is 99.6 cm³/mol. The van der Waals surface area contributed by atoms with Gasteiger partial charge in [0.1, 0.15) is 35.5 Å². The zero-order valence-corrected chi connectivity index (χ0v) is 16.1. The Bertz CT molecular complexity index is 878. The highest BCUT2D eigenvalue weighted by atomic mass is 19.1. The number of carbonyl (C=O) groups excluding carboxylic acids is 1. The second-order valence-corrected chi connectivity index (χ2v) is 6.08. The molecule has 0 aliphatic heterocycles. The van der Waals surface area contributed by atoms with Crippen molar-refractivity contribution in [2.45, 2.75) is 20.5 Å². The number of carbonyl (C=O) groups is 1. The number of hydrogen-bond donors (Lipinski definition) is 0. The summed E-state index contributed by atoms with van der Waals surface area (Å²) in [5.74, 6) is -3.73. The van der Waals surface area contributed by atoms with Gasteiger partial charge in [-0.15, -0.1) is 0 Å². The van der Waals surface area contributed by atoms with E-state index < -0.39 is 35.6 Å². The molecule has 5 nitrogen and oxygen atoms in total. The van der Waals surface area contributed by atoms with Gasteiger partial charge in [0.25, 0.3) is 0 Å². The van der Waals surface area contributed by atoms with E-state index in [2.05, 4.69) is 4.99 Å². The number of methoxy groups -OCH3 is 1. The van der Waals surface area contributed by atoms with E-state index in [1.807, 2.05) is 18.9 Å². The van der Waals surface area contributed by atoms with Crippen LogP contribution in [0.25, 0.3) is 0 Å². The Kier molecular flexibility index (Phi) is 7.03. The highest BCUT2D eigenvalue weighted by Gasteiger charge is 2.18. The summed E-state index contributed by atoms with van der Waals surface area (Å²) in [6.45, 7) is 3.75. The molecule has 2 aromatic carbocycles. The maximum absolute atomic E-state index is 13.7. The number of aliphatic imine (C=N–C) groups is 1. The Morgan fingerprint density at radius 1 is 1.18 bits per heavy atom. The van der Waals surface area contributed by atoms with Crippen LogP contribution in [0.15, 0.2) is 29.3 Å². The molecule has 0 unspecified atom stereocenters. The fraction of sp³-hybridized carbons (Fsp3) is 0.300. The standard InChI is InChI=1S/C20H21F3N2O3/c1-5-25(3)11-24-18-6-12(2)14(9-19(18)27-4)20(26)28-10-15-16(22)7-13(21)8-17(15)23/h6-9,11H,5,10H2,1-4H3/b24-11+. The Hall–Kier alpha value is -3.03. The maximum atomic E-state index is 13.7. The lowest BCUT2D eigenvalue weighted by Crippen LogP contribution is -2.14. The molecule has 0 aliphatic carbocycles. The van der Waals surface area contributed by atoms with Crippen molar-refractivity contribution in [2.75, 3.05) is 20.7 Å². The first-order valence-electron chi connectivity index (χ1n) is 8.50. The quantitative estimate of drug-likeness (QED) is 0.397. The van der Waals surface area contributed by atoms with Crippen LogP contribution in [-0.4, -0.2) is 37.9 Å². The third-order valence-electron chi connectivity index (χ3n) is 4.09. The number of nitrogens with zero attached hydrogens (tertiary/aromatic N) is 2. The summed E-state index contributed by atoms with van der Waals surface area (Å²) in [6, 6.07) is 4.16. The van der Waals surface area contributed by atoms with Crippen molar-refractivity contribution in [3.63, 3.8) is 0 Å². The van der Waals surface area contributed by atoms with E-state index >= 15 is 0 Å². The monoisotopic (exact) mass is 394 g/mol. The van der Waals surface area contributed by atoms with Crippen molar-refractivity contribution in [3.8, 4) is 5.75 Å². The molecule has 0 aliphatic rings. The lowest BCUT2D eigenvalue weighted by molar-refractivity contribution is 0.0463. The van der Waals surface area contributed by atoms with E-state index in [1.165, 1.54) is 13.2 Å². The van der Waals surface area contributed by atoms with E-state index in [-0.39, 0.29) is 5.56 Å². The number of rotatable bonds is 7. The number of ether oxygens (including phenoxy) is 2. The van der Waals surface area contributed by atoms with E-state index in [4.69, 9.17) is 9.47 Å². The second kappa shape index (κ2) is 9.25. The van der Waals surface area contributed by atoms with Gasteiger partial charge in [-0.3, -0.25) is 0 Å². The van der Waals surface area contributed by atoms with Crippen molar-refractivity contribution >= 4 is 18.0 Å². The molecule has 0 spiro atoms. The molecule has 0 aromatic heterocycles. The van der Waals surface area contributed by atoms with Crippen molar-refractivity contribution in [2.24, 2.45) is 4.99 Å². The van der Waals surface area contributed by atoms with Crippen LogP contribution < -0.4 is 4.74 Å². The van der Waals surface area contributed by atoms with Gasteiger partial charge in [0.05, 0.1) is 24.6 Å². The molecule has 0 bridgehead atoms. The lowest BCUT2D eigenvalue weighted by atomic mass is 10.1. The van der Waals surface area contributed by atoms with Crippen LogP contribution in [0.2, 0.25) is 0 Å². The fourth-order valence-corrected chi connectivity index (χ4v) is 2.32. The average Bonchev–Trinajstić information content (AvgIpc) is 2.64. The summed E-state index contributed by atoms with van der Waals surface area (Å²) in [5, 5.41) is 0. The van der Waals surface area contributed by atoms with Crippen molar-refractivity contribution in [1.82, 2.24) is 4.90 Å². The van der Waals surface area contributed by atoms with Crippen LogP contribution in [0.1, 0.15) is 28.4 Å². The highest BCUT2D eigenvalue weighted by Crippen LogP contribution is 2.31. The summed E-state index contributed by atoms with van der Waals surface area (Å²) in [4.78, 5) is 18.6. The topological polar surface area (TPSA) is 51.1 Å². The number of esters is 1. The maximum Gasteiger partial charge on any atom is 0.338 e. The summed E-state index contributed by atoms with van der Waals surface area (Å²) >= 11 is 0. The minimum atomic E-state index is -1.12. The average molecular weight is 394 g/mol. The van der Waals surface area contributed by atoms with Crippen LogP contribution >= 0.6 is 0 Å². The summed E-state index contributed by atoms with van der Waals surface area (Å²) in [5.41, 5.74) is 0.718. The molecule has 2 aromatic rings. The molecule has 0 amide bonds. The molecule has 0 radical (unpaired) electrons. The molecular weight excluding hydrogens is 373 g/mol. The molecule has 0 N–H and O–H groups in total. The lowest BCUT2D eigenvalue weighted by Gasteiger charge is -2.13. The van der Waals surface area contributed by atoms with E-state index in [0.717, 1.165) is 6.54 Å². The molecule has 2 rings (SSSR count). The Balaban J connectivity index is 2.23. The van der Waals surface area contributed by atoms with Crippen molar-refractivity contribution in [1.29, 1.82) is 0 Å². The largest absolute Gasteiger partial charge is 0.494 e. The molecular formula is C20H21F3N2O3. The highest BCUT2D eigenvalue weighted by molar-refractivity contribution is 5.92. The summed E-state index contributed by atoms with van der Waals surface area (Å²) in [6.07, 6.45) is 1.63. The first-order chi connectivity index (χ1) is 13.3. The van der Waals surface area contributed by atoms with Crippen LogP contribution in [0.5, 0.6) is 5.75 Å². The molecule has 150 valence electrons. The van der Waals surface area contributed by atoms with Gasteiger partial charge >= 0.3 is 5.97 Å². The first-order valence-corrected chi connectivity index (χ1v) is 8.50. The van der Waals surface area contributed by atoms with E-state index in [1.54, 1.807) is 19.3 Å². The fourth-order valence-electron chi connectivity index (χ4n) is 2.32. The third kappa shape index (κ3) is 5.03. The zero-order chi connectivity index (χ0) is 20.8. The van der Waals surface area contributed by atoms with Crippen LogP contribution in [0, 0.1) is 24.4 Å². The molecule has 0 heterocycles. The normalized spacial score (nSPS) is 11.0. The van der Waals surface area contributed by atoms with Crippen LogP contribution in [0.3, 0.4) is 0 Å². The van der Waals surface area contributed by atoms with Gasteiger partial charge < -0.3 is 14.4 Å².